The number of hydrogen-bond acceptors (Lipinski definition) is 4. The third kappa shape index (κ3) is 4.47. The second-order valence-corrected chi connectivity index (χ2v) is 7.08. The third-order valence-electron chi connectivity index (χ3n) is 4.24. The number of rotatable bonds is 6. The van der Waals surface area contributed by atoms with E-state index in [9.17, 15) is 4.79 Å². The Morgan fingerprint density at radius 1 is 1.39 bits per heavy atom. The molecule has 0 aromatic carbocycles. The van der Waals surface area contributed by atoms with Gasteiger partial charge in [0.05, 0.1) is 11.7 Å². The van der Waals surface area contributed by atoms with Crippen LogP contribution in [0.25, 0.3) is 0 Å². The molecule has 23 heavy (non-hydrogen) atoms. The third-order valence-corrected chi connectivity index (χ3v) is 4.24. The number of amides is 1. The van der Waals surface area contributed by atoms with E-state index in [4.69, 9.17) is 5.10 Å². The lowest BCUT2D eigenvalue weighted by atomic mass is 10.1. The van der Waals surface area contributed by atoms with Crippen molar-refractivity contribution in [2.24, 2.45) is 5.92 Å². The second-order valence-electron chi connectivity index (χ2n) is 7.08. The van der Waals surface area contributed by atoms with E-state index in [1.54, 1.807) is 0 Å². The van der Waals surface area contributed by atoms with Crippen LogP contribution in [0.4, 0.5) is 5.82 Å². The number of nitrogens with one attached hydrogen (secondary N) is 2. The van der Waals surface area contributed by atoms with Gasteiger partial charge in [0.15, 0.2) is 0 Å². The molecule has 1 aliphatic rings. The highest BCUT2D eigenvalue weighted by Crippen LogP contribution is 2.23. The van der Waals surface area contributed by atoms with Crippen LogP contribution in [-0.2, 0) is 17.9 Å². The van der Waals surface area contributed by atoms with Gasteiger partial charge in [0.1, 0.15) is 5.82 Å². The van der Waals surface area contributed by atoms with Gasteiger partial charge in [-0.1, -0.05) is 13.8 Å². The average molecular weight is 321 g/mol. The molecule has 0 radical (unpaired) electrons. The molecule has 6 nitrogen and oxygen atoms in total. The first-order valence-electron chi connectivity index (χ1n) is 8.64. The molecule has 0 saturated carbocycles. The lowest BCUT2D eigenvalue weighted by Crippen LogP contribution is -2.42. The van der Waals surface area contributed by atoms with Gasteiger partial charge in [-0.2, -0.15) is 5.10 Å². The van der Waals surface area contributed by atoms with Gasteiger partial charge in [0.2, 0.25) is 5.91 Å². The molecule has 1 aromatic rings. The summed E-state index contributed by atoms with van der Waals surface area (Å²) in [5.41, 5.74) is 2.23. The summed E-state index contributed by atoms with van der Waals surface area (Å²) >= 11 is 0. The molecule has 1 atom stereocenters. The molecule has 1 amide bonds. The molecule has 130 valence electrons. The summed E-state index contributed by atoms with van der Waals surface area (Å²) in [6.45, 7) is 8.82. The molecule has 2 N–H and O–H groups in total. The van der Waals surface area contributed by atoms with Crippen LogP contribution in [0.3, 0.4) is 0 Å². The fraction of sp³-hybridized carbons (Fsp3) is 0.765. The lowest BCUT2D eigenvalue weighted by molar-refractivity contribution is -0.122. The molecule has 1 fully saturated rings. The van der Waals surface area contributed by atoms with Crippen molar-refractivity contribution in [3.05, 3.63) is 11.3 Å². The summed E-state index contributed by atoms with van der Waals surface area (Å²) in [7, 11) is 4.10. The van der Waals surface area contributed by atoms with Crippen molar-refractivity contribution in [2.45, 2.75) is 59.2 Å². The van der Waals surface area contributed by atoms with Gasteiger partial charge >= 0.3 is 0 Å². The minimum absolute atomic E-state index is 0.0969. The molecule has 0 aliphatic carbocycles. The van der Waals surface area contributed by atoms with Crippen molar-refractivity contribution >= 4 is 11.7 Å². The number of hydrogen-bond donors (Lipinski definition) is 2. The van der Waals surface area contributed by atoms with Gasteiger partial charge in [-0.3, -0.25) is 4.79 Å². The Kier molecular flexibility index (Phi) is 6.04. The Morgan fingerprint density at radius 3 is 2.78 bits per heavy atom. The highest BCUT2D eigenvalue weighted by molar-refractivity contribution is 5.81. The van der Waals surface area contributed by atoms with E-state index in [-0.39, 0.29) is 11.9 Å². The van der Waals surface area contributed by atoms with Crippen LogP contribution < -0.4 is 15.5 Å². The van der Waals surface area contributed by atoms with Crippen LogP contribution in [0, 0.1) is 12.8 Å². The summed E-state index contributed by atoms with van der Waals surface area (Å²) in [5, 5.41) is 11.1. The van der Waals surface area contributed by atoms with Gasteiger partial charge in [-0.15, -0.1) is 0 Å². The molecule has 0 spiro atoms. The Balaban J connectivity index is 2.15. The lowest BCUT2D eigenvalue weighted by Gasteiger charge is -2.20. The van der Waals surface area contributed by atoms with E-state index < -0.39 is 0 Å². The molecule has 6 heteroatoms. The van der Waals surface area contributed by atoms with E-state index >= 15 is 0 Å². The summed E-state index contributed by atoms with van der Waals surface area (Å²) in [6, 6.07) is -0.0969. The number of nitrogens with zero attached hydrogens (tertiary/aromatic N) is 3. The first-order valence-corrected chi connectivity index (χ1v) is 8.64. The van der Waals surface area contributed by atoms with Crippen molar-refractivity contribution in [1.29, 1.82) is 0 Å². The smallest absolute Gasteiger partial charge is 0.237 e. The Morgan fingerprint density at radius 2 is 2.13 bits per heavy atom. The van der Waals surface area contributed by atoms with Crippen LogP contribution in [0.2, 0.25) is 0 Å². The molecule has 1 aliphatic heterocycles. The Labute approximate surface area is 139 Å². The molecule has 1 aromatic heterocycles. The van der Waals surface area contributed by atoms with Crippen LogP contribution >= 0.6 is 0 Å². The van der Waals surface area contributed by atoms with E-state index in [1.807, 2.05) is 6.92 Å². The van der Waals surface area contributed by atoms with Crippen LogP contribution in [0.15, 0.2) is 0 Å². The minimum Gasteiger partial charge on any atom is -0.363 e. The minimum atomic E-state index is -0.0969. The highest BCUT2D eigenvalue weighted by Gasteiger charge is 2.23. The van der Waals surface area contributed by atoms with Gasteiger partial charge in [0, 0.05) is 39.3 Å². The Bertz CT molecular complexity index is 535. The molecule has 0 bridgehead atoms. The maximum atomic E-state index is 12.1. The zero-order valence-electron chi connectivity index (χ0n) is 15.1. The van der Waals surface area contributed by atoms with Crippen molar-refractivity contribution in [3.8, 4) is 0 Å². The number of aromatic nitrogens is 2. The van der Waals surface area contributed by atoms with Gasteiger partial charge in [-0.05, 0) is 32.1 Å². The number of aryl methyl sites for hydroxylation is 1. The van der Waals surface area contributed by atoms with Crippen LogP contribution in [0.1, 0.15) is 44.4 Å². The summed E-state index contributed by atoms with van der Waals surface area (Å²) in [6.07, 6.45) is 3.06. The average Bonchev–Trinajstić information content (AvgIpc) is 2.62. The van der Waals surface area contributed by atoms with Crippen molar-refractivity contribution < 1.29 is 4.79 Å². The molecule has 2 rings (SSSR count). The zero-order valence-corrected chi connectivity index (χ0v) is 15.1. The molecular weight excluding hydrogens is 290 g/mol. The molecule has 1 unspecified atom stereocenters. The zero-order chi connectivity index (χ0) is 17.0. The fourth-order valence-corrected chi connectivity index (χ4v) is 3.15. The normalized spacial score (nSPS) is 18.9. The topological polar surface area (TPSA) is 62.2 Å². The summed E-state index contributed by atoms with van der Waals surface area (Å²) in [4.78, 5) is 14.2. The largest absolute Gasteiger partial charge is 0.363 e. The predicted molar refractivity (Wildman–Crippen MR) is 93.6 cm³/mol. The SMILES string of the molecule is Cc1nn(CC(C)C)c(N(C)C)c1CNC1CCCCNC1=O. The van der Waals surface area contributed by atoms with E-state index in [2.05, 4.69) is 48.2 Å². The Hall–Kier alpha value is -1.56. The maximum absolute atomic E-state index is 12.1. The summed E-state index contributed by atoms with van der Waals surface area (Å²) < 4.78 is 2.09. The van der Waals surface area contributed by atoms with Gasteiger partial charge in [0.25, 0.3) is 0 Å². The maximum Gasteiger partial charge on any atom is 0.237 e. The van der Waals surface area contributed by atoms with Crippen molar-refractivity contribution in [1.82, 2.24) is 20.4 Å². The first-order chi connectivity index (χ1) is 10.9. The monoisotopic (exact) mass is 321 g/mol. The van der Waals surface area contributed by atoms with Gasteiger partial charge < -0.3 is 15.5 Å². The number of carbonyl (C=O) groups is 1. The quantitative estimate of drug-likeness (QED) is 0.837. The standard InChI is InChI=1S/C17H31N5O/c1-12(2)11-22-17(21(4)5)14(13(3)20-22)10-19-15-8-6-7-9-18-16(15)23/h12,15,19H,6-11H2,1-5H3,(H,18,23). The predicted octanol–water partition coefficient (Wildman–Crippen LogP) is 1.67. The van der Waals surface area contributed by atoms with Crippen LogP contribution in [0.5, 0.6) is 0 Å². The number of anilines is 1. The van der Waals surface area contributed by atoms with E-state index in [0.29, 0.717) is 12.5 Å². The molecule has 1 saturated heterocycles. The molecular formula is C17H31N5O. The van der Waals surface area contributed by atoms with E-state index in [1.165, 1.54) is 5.56 Å². The van der Waals surface area contributed by atoms with Gasteiger partial charge in [-0.25, -0.2) is 4.68 Å². The first kappa shape index (κ1) is 17.8. The number of carbonyl (C=O) groups excluding carboxylic acids is 1. The molecule has 2 heterocycles. The van der Waals surface area contributed by atoms with E-state index in [0.717, 1.165) is 43.9 Å². The van der Waals surface area contributed by atoms with Crippen LogP contribution in [-0.4, -0.2) is 42.4 Å². The van der Waals surface area contributed by atoms with Crippen molar-refractivity contribution in [3.63, 3.8) is 0 Å². The summed E-state index contributed by atoms with van der Waals surface area (Å²) in [5.74, 6) is 1.81. The van der Waals surface area contributed by atoms with Crippen molar-refractivity contribution in [2.75, 3.05) is 25.5 Å². The second kappa shape index (κ2) is 7.81. The highest BCUT2D eigenvalue weighted by atomic mass is 16.2. The fourth-order valence-electron chi connectivity index (χ4n) is 3.15.